The summed E-state index contributed by atoms with van der Waals surface area (Å²) in [7, 11) is -8.17. The van der Waals surface area contributed by atoms with Crippen molar-refractivity contribution in [3.8, 4) is 0 Å². The van der Waals surface area contributed by atoms with E-state index in [1.54, 1.807) is 0 Å². The van der Waals surface area contributed by atoms with E-state index in [4.69, 9.17) is 34.7 Å². The molecule has 9 N–H and O–H groups in total. The fraction of sp³-hybridized carbons (Fsp3) is 0.545. The second-order valence-electron chi connectivity index (χ2n) is 10.8. The minimum atomic E-state index is -5.05. The van der Waals surface area contributed by atoms with E-state index in [-0.39, 0.29) is 28.3 Å². The zero-order chi connectivity index (χ0) is 32.5. The van der Waals surface area contributed by atoms with Gasteiger partial charge in [-0.05, 0) is 0 Å². The van der Waals surface area contributed by atoms with Crippen LogP contribution in [0.15, 0.2) is 25.3 Å². The summed E-state index contributed by atoms with van der Waals surface area (Å²) in [5.41, 5.74) is 12.6. The third-order valence-corrected chi connectivity index (χ3v) is 9.49. The number of anilines is 2. The summed E-state index contributed by atoms with van der Waals surface area (Å²) in [6.45, 7) is -1.35. The van der Waals surface area contributed by atoms with Crippen LogP contribution in [0.1, 0.15) is 12.3 Å². The summed E-state index contributed by atoms with van der Waals surface area (Å²) in [4.78, 5) is 44.4. The summed E-state index contributed by atoms with van der Waals surface area (Å²) in [5, 5.41) is 31.9. The lowest BCUT2D eigenvalue weighted by Gasteiger charge is -2.27. The molecule has 7 unspecified atom stereocenters. The highest BCUT2D eigenvalue weighted by molar-refractivity contribution is 7.47. The van der Waals surface area contributed by atoms with Crippen molar-refractivity contribution >= 4 is 49.8 Å². The number of imidazole rings is 2. The predicted molar refractivity (Wildman–Crippen MR) is 150 cm³/mol. The van der Waals surface area contributed by atoms with Crippen LogP contribution < -0.4 is 11.5 Å². The molecule has 0 aromatic carbocycles. The average molecular weight is 686 g/mol. The topological polar surface area (TPSA) is 321 Å². The van der Waals surface area contributed by atoms with Gasteiger partial charge >= 0.3 is 7.82 Å². The number of nitrogen functional groups attached to an aromatic ring is 2. The Bertz CT molecular complexity index is 1860. The Balaban J connectivity index is 1.09. The molecule has 0 amide bonds. The summed E-state index contributed by atoms with van der Waals surface area (Å²) in [5.74, 6) is -2.56. The number of aliphatic hydroxyl groups is 3. The molecule has 3 aliphatic rings. The Morgan fingerprint density at radius 3 is 2.26 bits per heavy atom. The molecule has 24 heteroatoms. The highest BCUT2D eigenvalue weighted by Crippen LogP contribution is 2.64. The van der Waals surface area contributed by atoms with Crippen LogP contribution in [0.3, 0.4) is 0 Å². The molecule has 248 valence electrons. The lowest BCUT2D eigenvalue weighted by molar-refractivity contribution is -0.165. The van der Waals surface area contributed by atoms with Crippen molar-refractivity contribution in [2.75, 3.05) is 31.0 Å². The molecule has 11 atom stereocenters. The number of fused-ring (bicyclic) bond motifs is 3. The van der Waals surface area contributed by atoms with Crippen LogP contribution in [-0.2, 0) is 32.4 Å². The number of rotatable bonds is 11. The maximum absolute atomic E-state index is 13.2. The van der Waals surface area contributed by atoms with Gasteiger partial charge in [0.2, 0.25) is 8.03 Å². The van der Waals surface area contributed by atoms with Gasteiger partial charge in [0, 0.05) is 0 Å². The second kappa shape index (κ2) is 11.5. The molecule has 46 heavy (non-hydrogen) atoms. The van der Waals surface area contributed by atoms with Crippen LogP contribution >= 0.6 is 15.9 Å². The Morgan fingerprint density at radius 2 is 1.63 bits per heavy atom. The van der Waals surface area contributed by atoms with Gasteiger partial charge in [-0.3, -0.25) is 18.2 Å². The summed E-state index contributed by atoms with van der Waals surface area (Å²) < 4.78 is 55.2. The van der Waals surface area contributed by atoms with E-state index < -0.39 is 89.9 Å². The number of aromatic nitrogens is 8. The molecular weight excluding hydrogens is 658 g/mol. The average Bonchev–Trinajstić information content (AvgIpc) is 3.52. The highest BCUT2D eigenvalue weighted by Gasteiger charge is 2.77. The first-order chi connectivity index (χ1) is 21.9. The first-order valence-electron chi connectivity index (χ1n) is 13.6. The number of aliphatic hydroxyl groups excluding tert-OH is 2. The second-order valence-corrected chi connectivity index (χ2v) is 13.3. The standard InChI is InChI=1S/C22H28N10O12P2/c23-17-11-19(27-3-25-17)31(5-29-11)16-10-14(40-7-45(36)37)9(43-22(10,16)35)2-41-46(38,39)44-15-13(34)8(1-33)42-21(15)32-6-30-12-18(24)26-4-28-20(12)32/h3-6,8-10,13-16,21,33-35,45H,1-2,7H2,(H,36,37)(H,38,39)(H2,23,25,27)(H2,24,26,28)/t8-,9-,10?,13?,14?,15?,16+,21-,22?/m1/s1. The fourth-order valence-electron chi connectivity index (χ4n) is 6.03. The number of ether oxygens (including phenoxy) is 3. The van der Waals surface area contributed by atoms with Gasteiger partial charge in [0.15, 0.2) is 34.9 Å². The van der Waals surface area contributed by atoms with Crippen molar-refractivity contribution < 1.29 is 57.5 Å². The van der Waals surface area contributed by atoms with Crippen LogP contribution in [0.2, 0.25) is 0 Å². The molecule has 0 bridgehead atoms. The largest absolute Gasteiger partial charge is 0.472 e. The van der Waals surface area contributed by atoms with Crippen LogP contribution in [0.5, 0.6) is 0 Å². The molecule has 0 spiro atoms. The van der Waals surface area contributed by atoms with Gasteiger partial charge in [0.1, 0.15) is 60.5 Å². The van der Waals surface area contributed by atoms with Crippen LogP contribution in [-0.4, -0.2) is 120 Å². The number of phosphoric ester groups is 1. The van der Waals surface area contributed by atoms with Crippen LogP contribution in [0.25, 0.3) is 22.3 Å². The third kappa shape index (κ3) is 5.16. The summed E-state index contributed by atoms with van der Waals surface area (Å²) in [6, 6.07) is -0.809. The monoisotopic (exact) mass is 686 g/mol. The predicted octanol–water partition coefficient (Wildman–Crippen LogP) is -2.35. The Hall–Kier alpha value is -3.24. The van der Waals surface area contributed by atoms with Gasteiger partial charge in [-0.25, -0.2) is 34.5 Å². The molecule has 1 saturated carbocycles. The maximum Gasteiger partial charge on any atom is 0.472 e. The van der Waals surface area contributed by atoms with Crippen molar-refractivity contribution in [3.05, 3.63) is 25.3 Å². The third-order valence-electron chi connectivity index (χ3n) is 8.09. The molecule has 4 aromatic heterocycles. The Morgan fingerprint density at radius 1 is 1.00 bits per heavy atom. The van der Waals surface area contributed by atoms with Gasteiger partial charge in [0.05, 0.1) is 37.9 Å². The fourth-order valence-corrected chi connectivity index (χ4v) is 7.30. The Labute approximate surface area is 257 Å². The zero-order valence-corrected chi connectivity index (χ0v) is 25.2. The molecular formula is C22H28N10O12P2. The quantitative estimate of drug-likeness (QED) is 0.0812. The van der Waals surface area contributed by atoms with Gasteiger partial charge in [-0.15, -0.1) is 0 Å². The van der Waals surface area contributed by atoms with E-state index in [2.05, 4.69) is 29.9 Å². The number of nitrogens with zero attached hydrogens (tertiary/aromatic N) is 8. The maximum atomic E-state index is 13.2. The van der Waals surface area contributed by atoms with Crippen LogP contribution in [0, 0.1) is 5.92 Å². The minimum Gasteiger partial charge on any atom is -0.394 e. The van der Waals surface area contributed by atoms with E-state index in [1.165, 1.54) is 28.1 Å². The van der Waals surface area contributed by atoms with Crippen molar-refractivity contribution in [3.63, 3.8) is 0 Å². The number of hydrogen-bond acceptors (Lipinski definition) is 18. The Kier molecular flexibility index (Phi) is 7.82. The summed E-state index contributed by atoms with van der Waals surface area (Å²) in [6.07, 6.45) is -3.61. The van der Waals surface area contributed by atoms with Gasteiger partial charge < -0.3 is 55.4 Å². The molecule has 0 radical (unpaired) electrons. The van der Waals surface area contributed by atoms with E-state index in [9.17, 15) is 34.2 Å². The lowest BCUT2D eigenvalue weighted by Crippen LogP contribution is -2.37. The van der Waals surface area contributed by atoms with Crippen molar-refractivity contribution in [2.45, 2.75) is 48.6 Å². The number of hydrogen-bond donors (Lipinski definition) is 7. The minimum absolute atomic E-state index is 0.0509. The smallest absolute Gasteiger partial charge is 0.394 e. The molecule has 7 rings (SSSR count). The molecule has 4 aromatic rings. The van der Waals surface area contributed by atoms with E-state index >= 15 is 0 Å². The normalized spacial score (nSPS) is 34.2. The van der Waals surface area contributed by atoms with Crippen molar-refractivity contribution in [2.24, 2.45) is 5.92 Å². The van der Waals surface area contributed by atoms with E-state index in [0.717, 1.165) is 6.33 Å². The van der Waals surface area contributed by atoms with E-state index in [0.29, 0.717) is 5.65 Å². The van der Waals surface area contributed by atoms with E-state index in [1.807, 2.05) is 0 Å². The SMILES string of the molecule is Nc1ncnc2c1ncn2[C@@H]1O[C@H](CO)C(O)C1OP(=O)(O)OC[C@H]1OC2(O)C(C1OC[PH](=O)O)[C@@H]2n1cnc2c(N)ncnc21. The molecule has 1 aliphatic carbocycles. The van der Waals surface area contributed by atoms with Gasteiger partial charge in [0.25, 0.3) is 0 Å². The highest BCUT2D eigenvalue weighted by atomic mass is 31.2. The van der Waals surface area contributed by atoms with Gasteiger partial charge in [-0.1, -0.05) is 0 Å². The first kappa shape index (κ1) is 31.4. The van der Waals surface area contributed by atoms with Crippen molar-refractivity contribution in [1.82, 2.24) is 39.0 Å². The lowest BCUT2D eigenvalue weighted by atomic mass is 10.1. The molecule has 6 heterocycles. The summed E-state index contributed by atoms with van der Waals surface area (Å²) >= 11 is 0. The van der Waals surface area contributed by atoms with Crippen molar-refractivity contribution in [1.29, 1.82) is 0 Å². The zero-order valence-electron chi connectivity index (χ0n) is 23.3. The number of nitrogens with two attached hydrogens (primary N) is 2. The first-order valence-corrected chi connectivity index (χ1v) is 16.7. The number of phosphoric acid groups is 1. The molecule has 2 saturated heterocycles. The van der Waals surface area contributed by atoms with Crippen LogP contribution in [0.4, 0.5) is 11.6 Å². The molecule has 3 fully saturated rings. The molecule has 2 aliphatic heterocycles. The molecule has 22 nitrogen and oxygen atoms in total. The van der Waals surface area contributed by atoms with Gasteiger partial charge in [-0.2, -0.15) is 0 Å².